The SMILES string of the molecule is NS(=O)(=O)c1cc(NC(=O)Cc2ccccc2Cl)ccc1-c1ccsn1.NS(=O)(=O)c1cc(NC(=O)Cc2ccccc2Cl)ccc1-c1cncs1. The maximum Gasteiger partial charge on any atom is 0.238 e. The van der Waals surface area contributed by atoms with Crippen LogP contribution in [-0.4, -0.2) is 38.0 Å². The van der Waals surface area contributed by atoms with Crippen LogP contribution in [0, 0.1) is 0 Å². The number of anilines is 2. The number of carbonyl (C=O) groups is 2. The molecule has 4 aromatic carbocycles. The van der Waals surface area contributed by atoms with Crippen LogP contribution in [-0.2, 0) is 42.5 Å². The third-order valence-electron chi connectivity index (χ3n) is 7.17. The molecule has 2 heterocycles. The van der Waals surface area contributed by atoms with Gasteiger partial charge in [0, 0.05) is 44.1 Å². The maximum atomic E-state index is 12.3. The molecule has 0 radical (unpaired) electrons. The summed E-state index contributed by atoms with van der Waals surface area (Å²) >= 11 is 14.6. The molecule has 0 aliphatic carbocycles. The molecule has 2 aromatic heterocycles. The number of nitrogens with one attached hydrogen (secondary N) is 2. The van der Waals surface area contributed by atoms with Crippen molar-refractivity contribution in [1.82, 2.24) is 9.36 Å². The number of hydrogen-bond acceptors (Lipinski definition) is 10. The molecule has 0 aliphatic rings. The van der Waals surface area contributed by atoms with Crippen LogP contribution in [0.1, 0.15) is 11.1 Å². The van der Waals surface area contributed by atoms with Crippen molar-refractivity contribution in [2.45, 2.75) is 22.6 Å². The quantitative estimate of drug-likeness (QED) is 0.119. The Morgan fingerprint density at radius 2 is 1.19 bits per heavy atom. The van der Waals surface area contributed by atoms with Crippen molar-refractivity contribution in [3.8, 4) is 21.7 Å². The minimum Gasteiger partial charge on any atom is -0.326 e. The average Bonchev–Trinajstić information content (AvgIpc) is 3.82. The highest BCUT2D eigenvalue weighted by Gasteiger charge is 2.20. The van der Waals surface area contributed by atoms with E-state index >= 15 is 0 Å². The van der Waals surface area contributed by atoms with E-state index in [1.165, 1.54) is 35.0 Å². The molecule has 268 valence electrons. The molecule has 0 bridgehead atoms. The molecule has 0 atom stereocenters. The fourth-order valence-electron chi connectivity index (χ4n) is 4.83. The van der Waals surface area contributed by atoms with Gasteiger partial charge in [-0.15, -0.1) is 11.3 Å². The van der Waals surface area contributed by atoms with Crippen LogP contribution >= 0.6 is 46.1 Å². The number of sulfonamides is 2. The van der Waals surface area contributed by atoms with Gasteiger partial charge < -0.3 is 10.6 Å². The highest BCUT2D eigenvalue weighted by atomic mass is 35.5. The molecule has 0 unspecified atom stereocenters. The topological polar surface area (TPSA) is 204 Å². The number of benzene rings is 4. The lowest BCUT2D eigenvalue weighted by atomic mass is 10.1. The minimum atomic E-state index is -3.99. The predicted molar refractivity (Wildman–Crippen MR) is 205 cm³/mol. The summed E-state index contributed by atoms with van der Waals surface area (Å²) in [4.78, 5) is 28.9. The van der Waals surface area contributed by atoms with Crippen LogP contribution in [0.25, 0.3) is 21.7 Å². The van der Waals surface area contributed by atoms with Gasteiger partial charge >= 0.3 is 0 Å². The molecule has 52 heavy (non-hydrogen) atoms. The second kappa shape index (κ2) is 16.9. The highest BCUT2D eigenvalue weighted by Crippen LogP contribution is 2.32. The smallest absolute Gasteiger partial charge is 0.238 e. The number of rotatable bonds is 10. The standard InChI is InChI=1S/2C17H14ClN3O3S2/c18-14-4-2-1-3-11(14)7-17(22)21-12-5-6-13(15-9-20-10-25-15)16(8-12)26(19,23)24;18-14-4-2-1-3-11(14)9-17(22)20-12-5-6-13(15-7-8-25-21-15)16(10-12)26(19,23)24/h1-6,8-10H,7H2,(H,21,22)(H2,19,23,24);1-8,10H,9H2,(H,20,22)(H2,19,23,24). The Labute approximate surface area is 317 Å². The van der Waals surface area contributed by atoms with Gasteiger partial charge in [-0.2, -0.15) is 4.37 Å². The molecule has 6 rings (SSSR count). The molecule has 2 amide bonds. The van der Waals surface area contributed by atoms with Crippen molar-refractivity contribution in [2.75, 3.05) is 10.6 Å². The van der Waals surface area contributed by atoms with Crippen molar-refractivity contribution >= 4 is 89.3 Å². The van der Waals surface area contributed by atoms with Crippen LogP contribution in [0.4, 0.5) is 11.4 Å². The van der Waals surface area contributed by atoms with E-state index in [1.54, 1.807) is 96.0 Å². The third-order valence-corrected chi connectivity index (χ3v) is 11.2. The number of amides is 2. The minimum absolute atomic E-state index is 0.0677. The van der Waals surface area contributed by atoms with E-state index in [-0.39, 0.29) is 34.4 Å². The summed E-state index contributed by atoms with van der Waals surface area (Å²) in [6.07, 6.45) is 1.70. The lowest BCUT2D eigenvalue weighted by Gasteiger charge is -2.11. The molecule has 0 fully saturated rings. The van der Waals surface area contributed by atoms with Crippen molar-refractivity contribution < 1.29 is 26.4 Å². The first-order valence-corrected chi connectivity index (χ1v) is 20.5. The maximum absolute atomic E-state index is 12.3. The van der Waals surface area contributed by atoms with Crippen LogP contribution < -0.4 is 20.9 Å². The largest absolute Gasteiger partial charge is 0.326 e. The fourth-order valence-corrected chi connectivity index (χ4v) is 8.03. The first kappa shape index (κ1) is 38.7. The molecule has 18 heteroatoms. The number of primary sulfonamides is 2. The van der Waals surface area contributed by atoms with Gasteiger partial charge in [0.05, 0.1) is 38.7 Å². The summed E-state index contributed by atoms with van der Waals surface area (Å²) in [5.74, 6) is -0.635. The molecule has 0 spiro atoms. The van der Waals surface area contributed by atoms with Crippen LogP contribution in [0.5, 0.6) is 0 Å². The van der Waals surface area contributed by atoms with E-state index in [1.807, 2.05) is 0 Å². The lowest BCUT2D eigenvalue weighted by Crippen LogP contribution is -2.17. The summed E-state index contributed by atoms with van der Waals surface area (Å²) in [5.41, 5.74) is 4.95. The van der Waals surface area contributed by atoms with Gasteiger partial charge in [0.15, 0.2) is 0 Å². The van der Waals surface area contributed by atoms with Gasteiger partial charge in [-0.05, 0) is 71.2 Å². The van der Waals surface area contributed by atoms with Crippen molar-refractivity contribution in [2.24, 2.45) is 10.3 Å². The summed E-state index contributed by atoms with van der Waals surface area (Å²) in [6.45, 7) is 0. The summed E-state index contributed by atoms with van der Waals surface area (Å²) in [6, 6.07) is 24.8. The molecule has 0 saturated carbocycles. The van der Waals surface area contributed by atoms with E-state index in [4.69, 9.17) is 33.5 Å². The second-order valence-electron chi connectivity index (χ2n) is 10.9. The zero-order valence-corrected chi connectivity index (χ0v) is 31.5. The number of thiazole rings is 1. The van der Waals surface area contributed by atoms with Gasteiger partial charge in [0.2, 0.25) is 31.9 Å². The molecule has 0 aliphatic heterocycles. The summed E-state index contributed by atoms with van der Waals surface area (Å²) in [7, 11) is -7.97. The van der Waals surface area contributed by atoms with Gasteiger partial charge in [0.25, 0.3) is 0 Å². The summed E-state index contributed by atoms with van der Waals surface area (Å²) < 4.78 is 51.9. The molecule has 0 saturated heterocycles. The molecule has 6 aromatic rings. The number of halogens is 2. The second-order valence-corrected chi connectivity index (χ2v) is 16.3. The van der Waals surface area contributed by atoms with Gasteiger partial charge in [-0.3, -0.25) is 14.6 Å². The Bertz CT molecular complexity index is 2270. The summed E-state index contributed by atoms with van der Waals surface area (Å²) in [5, 5.41) is 18.7. The van der Waals surface area contributed by atoms with Gasteiger partial charge in [-0.1, -0.05) is 65.7 Å². The monoisotopic (exact) mass is 814 g/mol. The number of nitrogens with zero attached hydrogens (tertiary/aromatic N) is 2. The number of hydrogen-bond donors (Lipinski definition) is 4. The Kier molecular flexibility index (Phi) is 12.6. The Balaban J connectivity index is 0.000000201. The van der Waals surface area contributed by atoms with Crippen molar-refractivity contribution in [3.05, 3.63) is 129 Å². The number of nitrogens with two attached hydrogens (primary N) is 2. The first-order valence-electron chi connectivity index (χ1n) is 14.9. The van der Waals surface area contributed by atoms with Crippen LogP contribution in [0.3, 0.4) is 0 Å². The van der Waals surface area contributed by atoms with Gasteiger partial charge in [0.1, 0.15) is 0 Å². The predicted octanol–water partition coefficient (Wildman–Crippen LogP) is 6.58. The van der Waals surface area contributed by atoms with Crippen molar-refractivity contribution in [1.29, 1.82) is 0 Å². The van der Waals surface area contributed by atoms with E-state index in [9.17, 15) is 26.4 Å². The highest BCUT2D eigenvalue weighted by molar-refractivity contribution is 7.89. The van der Waals surface area contributed by atoms with E-state index in [0.717, 1.165) is 0 Å². The molecule has 6 N–H and O–H groups in total. The van der Waals surface area contributed by atoms with Gasteiger partial charge in [-0.25, -0.2) is 27.1 Å². The van der Waals surface area contributed by atoms with Crippen molar-refractivity contribution in [3.63, 3.8) is 0 Å². The van der Waals surface area contributed by atoms with Crippen LogP contribution in [0.2, 0.25) is 10.0 Å². The normalized spacial score (nSPS) is 11.3. The Hall–Kier alpha value is -4.52. The van der Waals surface area contributed by atoms with E-state index < -0.39 is 20.0 Å². The van der Waals surface area contributed by atoms with E-state index in [2.05, 4.69) is 20.0 Å². The number of carbonyl (C=O) groups excluding carboxylic acids is 2. The number of aromatic nitrogens is 2. The first-order chi connectivity index (χ1) is 24.7. The lowest BCUT2D eigenvalue weighted by molar-refractivity contribution is -0.116. The zero-order valence-electron chi connectivity index (χ0n) is 26.7. The zero-order chi connectivity index (χ0) is 37.5. The molecular formula is C34H28Cl2N6O6S4. The van der Waals surface area contributed by atoms with Crippen LogP contribution in [0.15, 0.2) is 118 Å². The fraction of sp³-hybridized carbons (Fsp3) is 0.0588. The molecule has 12 nitrogen and oxygen atoms in total. The Morgan fingerprint density at radius 1 is 0.692 bits per heavy atom. The molecular weight excluding hydrogens is 788 g/mol. The average molecular weight is 816 g/mol. The third kappa shape index (κ3) is 10.3. The van der Waals surface area contributed by atoms with E-state index in [0.29, 0.717) is 54.2 Å². The Morgan fingerprint density at radius 3 is 1.63 bits per heavy atom.